The predicted octanol–water partition coefficient (Wildman–Crippen LogP) is 3.36. The van der Waals surface area contributed by atoms with Crippen LogP contribution in [0.1, 0.15) is 62.4 Å². The van der Waals surface area contributed by atoms with Crippen molar-refractivity contribution in [3.05, 3.63) is 29.3 Å². The highest BCUT2D eigenvalue weighted by atomic mass is 16.5. The molecule has 1 aromatic rings. The van der Waals surface area contributed by atoms with Gasteiger partial charge in [-0.3, -0.25) is 4.79 Å². The molecule has 1 aromatic carbocycles. The average molecular weight is 350 g/mol. The second-order valence-electron chi connectivity index (χ2n) is 6.81. The number of anilines is 1. The van der Waals surface area contributed by atoms with E-state index in [0.717, 1.165) is 5.56 Å². The Hall–Kier alpha value is -2.57. The topological polar surface area (TPSA) is 105 Å². The van der Waals surface area contributed by atoms with Gasteiger partial charge in [0, 0.05) is 12.0 Å². The molecule has 7 heteroatoms. The maximum absolute atomic E-state index is 12.2. The molecule has 0 aliphatic rings. The van der Waals surface area contributed by atoms with Gasteiger partial charge in [-0.2, -0.15) is 0 Å². The molecule has 138 valence electrons. The number of rotatable bonds is 7. The van der Waals surface area contributed by atoms with Crippen LogP contribution in [0.5, 0.6) is 0 Å². The highest BCUT2D eigenvalue weighted by Crippen LogP contribution is 2.23. The van der Waals surface area contributed by atoms with Gasteiger partial charge in [0.2, 0.25) is 0 Å². The number of amides is 2. The Labute approximate surface area is 147 Å². The lowest BCUT2D eigenvalue weighted by Crippen LogP contribution is -2.46. The third kappa shape index (κ3) is 6.45. The third-order valence-electron chi connectivity index (χ3n) is 3.78. The van der Waals surface area contributed by atoms with Crippen LogP contribution < -0.4 is 10.6 Å². The number of urea groups is 1. The summed E-state index contributed by atoms with van der Waals surface area (Å²) in [5, 5.41) is 14.1. The molecule has 3 N–H and O–H groups in total. The van der Waals surface area contributed by atoms with Crippen molar-refractivity contribution >= 4 is 23.7 Å². The van der Waals surface area contributed by atoms with E-state index in [1.54, 1.807) is 26.0 Å². The van der Waals surface area contributed by atoms with E-state index in [1.165, 1.54) is 7.11 Å². The number of carboxylic acids is 1. The predicted molar refractivity (Wildman–Crippen MR) is 95.0 cm³/mol. The highest BCUT2D eigenvalue weighted by Gasteiger charge is 2.23. The molecule has 0 fully saturated rings. The molecule has 25 heavy (non-hydrogen) atoms. The van der Waals surface area contributed by atoms with Crippen molar-refractivity contribution in [2.24, 2.45) is 0 Å². The summed E-state index contributed by atoms with van der Waals surface area (Å²) in [6.07, 6.45) is 0.232. The van der Waals surface area contributed by atoms with Crippen LogP contribution in [0, 0.1) is 0 Å². The minimum absolute atomic E-state index is 0.0518. The van der Waals surface area contributed by atoms with Gasteiger partial charge in [0.15, 0.2) is 0 Å². The van der Waals surface area contributed by atoms with Crippen molar-refractivity contribution < 1.29 is 24.2 Å². The van der Waals surface area contributed by atoms with Crippen LogP contribution in [0.2, 0.25) is 0 Å². The second-order valence-corrected chi connectivity index (χ2v) is 6.81. The van der Waals surface area contributed by atoms with E-state index < -0.39 is 23.5 Å². The molecule has 0 radical (unpaired) electrons. The van der Waals surface area contributed by atoms with Gasteiger partial charge >= 0.3 is 18.0 Å². The summed E-state index contributed by atoms with van der Waals surface area (Å²) in [6.45, 7) is 7.47. The number of benzene rings is 1. The summed E-state index contributed by atoms with van der Waals surface area (Å²) in [5.41, 5.74) is 0.856. The molecule has 0 aliphatic carbocycles. The summed E-state index contributed by atoms with van der Waals surface area (Å²) < 4.78 is 4.78. The van der Waals surface area contributed by atoms with Crippen molar-refractivity contribution in [3.63, 3.8) is 0 Å². The van der Waals surface area contributed by atoms with Crippen LogP contribution in [0.25, 0.3) is 0 Å². The van der Waals surface area contributed by atoms with Gasteiger partial charge in [0.05, 0.1) is 18.4 Å². The van der Waals surface area contributed by atoms with E-state index in [9.17, 15) is 14.4 Å². The average Bonchev–Trinajstić information content (AvgIpc) is 2.51. The van der Waals surface area contributed by atoms with Gasteiger partial charge in [-0.05, 0) is 43.9 Å². The molecule has 0 saturated carbocycles. The minimum atomic E-state index is -0.924. The molecule has 2 amide bonds. The zero-order chi connectivity index (χ0) is 19.2. The maximum Gasteiger partial charge on any atom is 0.339 e. The van der Waals surface area contributed by atoms with Gasteiger partial charge in [-0.1, -0.05) is 19.9 Å². The van der Waals surface area contributed by atoms with Crippen LogP contribution >= 0.6 is 0 Å². The van der Waals surface area contributed by atoms with Gasteiger partial charge in [0.25, 0.3) is 0 Å². The number of nitrogens with one attached hydrogen (secondary N) is 2. The summed E-state index contributed by atoms with van der Waals surface area (Å²) in [6, 6.07) is 4.67. The maximum atomic E-state index is 12.2. The number of methoxy groups -OCH3 is 1. The van der Waals surface area contributed by atoms with Gasteiger partial charge in [-0.25, -0.2) is 9.59 Å². The smallest absolute Gasteiger partial charge is 0.339 e. The third-order valence-corrected chi connectivity index (χ3v) is 3.78. The van der Waals surface area contributed by atoms with Crippen LogP contribution in [-0.2, 0) is 9.53 Å². The number of aliphatic carboxylic acids is 1. The summed E-state index contributed by atoms with van der Waals surface area (Å²) in [4.78, 5) is 34.9. The molecule has 0 aliphatic heterocycles. The van der Waals surface area contributed by atoms with Crippen molar-refractivity contribution in [1.29, 1.82) is 0 Å². The van der Waals surface area contributed by atoms with E-state index in [1.807, 2.05) is 19.9 Å². The Morgan fingerprint density at radius 3 is 2.40 bits per heavy atom. The molecule has 0 heterocycles. The molecule has 1 rings (SSSR count). The molecular weight excluding hydrogens is 324 g/mol. The Morgan fingerprint density at radius 1 is 1.24 bits per heavy atom. The zero-order valence-corrected chi connectivity index (χ0v) is 15.3. The highest BCUT2D eigenvalue weighted by molar-refractivity contribution is 6.01. The molecule has 0 bridgehead atoms. The standard InChI is InChI=1S/C18H26N2O5/c1-11(2)12-6-7-14(13(10-12)16(23)25-5)19-17(24)20-18(3,4)9-8-15(21)22/h6-7,10-11H,8-9H2,1-5H3,(H,21,22)(H2,19,20,24). The molecule has 0 saturated heterocycles. The first-order chi connectivity index (χ1) is 11.6. The van der Waals surface area contributed by atoms with Crippen molar-refractivity contribution in [2.75, 3.05) is 12.4 Å². The first-order valence-corrected chi connectivity index (χ1v) is 8.09. The molecule has 0 spiro atoms. The fraction of sp³-hybridized carbons (Fsp3) is 0.500. The first kappa shape index (κ1) is 20.5. The Balaban J connectivity index is 2.92. The Kier molecular flexibility index (Phi) is 6.97. The minimum Gasteiger partial charge on any atom is -0.481 e. The van der Waals surface area contributed by atoms with E-state index in [2.05, 4.69) is 10.6 Å². The zero-order valence-electron chi connectivity index (χ0n) is 15.3. The Morgan fingerprint density at radius 2 is 1.88 bits per heavy atom. The monoisotopic (exact) mass is 350 g/mol. The number of hydrogen-bond acceptors (Lipinski definition) is 4. The summed E-state index contributed by atoms with van der Waals surface area (Å²) in [7, 11) is 1.28. The number of carbonyl (C=O) groups is 3. The van der Waals surface area contributed by atoms with E-state index in [0.29, 0.717) is 5.69 Å². The Bertz CT molecular complexity index is 653. The van der Waals surface area contributed by atoms with Crippen LogP contribution in [0.3, 0.4) is 0 Å². The molecular formula is C18H26N2O5. The second kappa shape index (κ2) is 8.50. The fourth-order valence-electron chi connectivity index (χ4n) is 2.25. The largest absolute Gasteiger partial charge is 0.481 e. The molecule has 7 nitrogen and oxygen atoms in total. The number of ether oxygens (including phenoxy) is 1. The molecule has 0 unspecified atom stereocenters. The number of esters is 1. The van der Waals surface area contributed by atoms with E-state index >= 15 is 0 Å². The van der Waals surface area contributed by atoms with Gasteiger partial charge < -0.3 is 20.5 Å². The van der Waals surface area contributed by atoms with Crippen LogP contribution in [0.4, 0.5) is 10.5 Å². The van der Waals surface area contributed by atoms with Crippen molar-refractivity contribution in [3.8, 4) is 0 Å². The number of hydrogen-bond donors (Lipinski definition) is 3. The van der Waals surface area contributed by atoms with E-state index in [-0.39, 0.29) is 24.3 Å². The quantitative estimate of drug-likeness (QED) is 0.654. The lowest BCUT2D eigenvalue weighted by atomic mass is 9.98. The van der Waals surface area contributed by atoms with E-state index in [4.69, 9.17) is 9.84 Å². The normalized spacial score (nSPS) is 11.1. The summed E-state index contributed by atoms with van der Waals surface area (Å²) in [5.74, 6) is -1.24. The first-order valence-electron chi connectivity index (χ1n) is 8.09. The molecule has 0 aromatic heterocycles. The molecule has 0 atom stereocenters. The SMILES string of the molecule is COC(=O)c1cc(C(C)C)ccc1NC(=O)NC(C)(C)CCC(=O)O. The van der Waals surface area contributed by atoms with Crippen molar-refractivity contribution in [1.82, 2.24) is 5.32 Å². The fourth-order valence-corrected chi connectivity index (χ4v) is 2.25. The van der Waals surface area contributed by atoms with Crippen molar-refractivity contribution in [2.45, 2.75) is 52.0 Å². The van der Waals surface area contributed by atoms with Gasteiger partial charge in [-0.15, -0.1) is 0 Å². The van der Waals surface area contributed by atoms with Crippen LogP contribution in [0.15, 0.2) is 18.2 Å². The summed E-state index contributed by atoms with van der Waals surface area (Å²) >= 11 is 0. The number of carbonyl (C=O) groups excluding carboxylic acids is 2. The lowest BCUT2D eigenvalue weighted by molar-refractivity contribution is -0.137. The van der Waals surface area contributed by atoms with Gasteiger partial charge in [0.1, 0.15) is 0 Å². The lowest BCUT2D eigenvalue weighted by Gasteiger charge is -2.26. The van der Waals surface area contributed by atoms with Crippen LogP contribution in [-0.4, -0.2) is 35.7 Å². The number of carboxylic acid groups (broad SMARTS) is 1.